The van der Waals surface area contributed by atoms with E-state index in [1.807, 2.05) is 30.3 Å². The highest BCUT2D eigenvalue weighted by Gasteiger charge is 2.38. The van der Waals surface area contributed by atoms with E-state index < -0.39 is 30.2 Å². The lowest BCUT2D eigenvalue weighted by Crippen LogP contribution is -2.48. The lowest BCUT2D eigenvalue weighted by Gasteiger charge is -2.18. The van der Waals surface area contributed by atoms with Gasteiger partial charge in [0.05, 0.1) is 63.9 Å². The topological polar surface area (TPSA) is 150 Å². The second-order valence-electron chi connectivity index (χ2n) is 6.83. The average Bonchev–Trinajstić information content (AvgIpc) is 2.79. The maximum Gasteiger partial charge on any atom is 0.490 e. The summed E-state index contributed by atoms with van der Waals surface area (Å²) in [4.78, 5) is 20.3. The molecular formula is C21H31F3N2O8S. The summed E-state index contributed by atoms with van der Waals surface area (Å²) in [6, 6.07) is 8.60. The molecule has 2 atom stereocenters. The summed E-state index contributed by atoms with van der Waals surface area (Å²) in [6.45, 7) is 4.74. The molecule has 1 aromatic rings. The van der Waals surface area contributed by atoms with Crippen LogP contribution in [0.25, 0.3) is 0 Å². The fraction of sp³-hybridized carbons (Fsp3) is 0.571. The molecule has 5 N–H and O–H groups in total. The first kappa shape index (κ1) is 32.6. The first-order valence-electron chi connectivity index (χ1n) is 10.4. The fourth-order valence-electron chi connectivity index (χ4n) is 2.00. The monoisotopic (exact) mass is 528 g/mol. The molecule has 0 aliphatic carbocycles. The number of nitrogens with one attached hydrogen (secondary N) is 1. The summed E-state index contributed by atoms with van der Waals surface area (Å²) in [5, 5.41) is 18.9. The van der Waals surface area contributed by atoms with Gasteiger partial charge in [0.2, 0.25) is 0 Å². The number of carboxylic acid groups (broad SMARTS) is 2. The maximum atomic E-state index is 11.2. The van der Waals surface area contributed by atoms with E-state index in [-0.39, 0.29) is 18.2 Å². The molecule has 14 heteroatoms. The van der Waals surface area contributed by atoms with E-state index in [0.29, 0.717) is 39.6 Å². The number of carboxylic acids is 2. The number of rotatable bonds is 16. The van der Waals surface area contributed by atoms with Crippen LogP contribution in [0.5, 0.6) is 0 Å². The van der Waals surface area contributed by atoms with Crippen LogP contribution in [0, 0.1) is 0 Å². The minimum Gasteiger partial charge on any atom is -0.480 e. The van der Waals surface area contributed by atoms with Gasteiger partial charge in [0.15, 0.2) is 0 Å². The van der Waals surface area contributed by atoms with Crippen LogP contribution in [-0.4, -0.2) is 91.6 Å². The third-order valence-corrected chi connectivity index (χ3v) is 4.27. The number of nitrogens with two attached hydrogens (primary N) is 1. The lowest BCUT2D eigenvalue weighted by atomic mass is 10.2. The molecule has 0 saturated carbocycles. The van der Waals surface area contributed by atoms with Crippen LogP contribution >= 0.6 is 12.2 Å². The van der Waals surface area contributed by atoms with Gasteiger partial charge in [-0.2, -0.15) is 13.2 Å². The first-order chi connectivity index (χ1) is 16.4. The third-order valence-electron chi connectivity index (χ3n) is 3.78. The Morgan fingerprint density at radius 1 is 0.971 bits per heavy atom. The minimum absolute atomic E-state index is 0.0270. The molecule has 1 rings (SSSR count). The van der Waals surface area contributed by atoms with E-state index in [1.165, 1.54) is 0 Å². The van der Waals surface area contributed by atoms with Crippen LogP contribution < -0.4 is 11.1 Å². The number of thiocarbonyl (C=S) groups is 1. The van der Waals surface area contributed by atoms with Crippen LogP contribution in [0.15, 0.2) is 30.3 Å². The smallest absolute Gasteiger partial charge is 0.480 e. The van der Waals surface area contributed by atoms with E-state index >= 15 is 0 Å². The number of ether oxygens (including phenoxy) is 4. The molecule has 0 aliphatic heterocycles. The molecule has 10 nitrogen and oxygen atoms in total. The Hall–Kier alpha value is -2.36. The number of aliphatic carboxylic acids is 2. The van der Waals surface area contributed by atoms with Gasteiger partial charge in [0.25, 0.3) is 0 Å². The van der Waals surface area contributed by atoms with E-state index in [9.17, 15) is 18.0 Å². The van der Waals surface area contributed by atoms with Crippen molar-refractivity contribution in [3.63, 3.8) is 0 Å². The molecule has 35 heavy (non-hydrogen) atoms. The summed E-state index contributed by atoms with van der Waals surface area (Å²) in [6.07, 6.45) is -5.08. The molecule has 0 unspecified atom stereocenters. The van der Waals surface area contributed by atoms with Gasteiger partial charge in [0.1, 0.15) is 6.04 Å². The van der Waals surface area contributed by atoms with Crippen LogP contribution in [0.3, 0.4) is 0 Å². The Balaban J connectivity index is 0.00000143. The Labute approximate surface area is 206 Å². The number of hydrogen-bond acceptors (Lipinski definition) is 8. The normalized spacial score (nSPS) is 12.7. The summed E-state index contributed by atoms with van der Waals surface area (Å²) < 4.78 is 53.3. The lowest BCUT2D eigenvalue weighted by molar-refractivity contribution is -0.192. The average molecular weight is 529 g/mol. The van der Waals surface area contributed by atoms with E-state index in [1.54, 1.807) is 6.92 Å². The van der Waals surface area contributed by atoms with Crippen molar-refractivity contribution in [1.82, 2.24) is 5.32 Å². The molecule has 0 fully saturated rings. The van der Waals surface area contributed by atoms with E-state index in [0.717, 1.165) is 5.56 Å². The van der Waals surface area contributed by atoms with Crippen LogP contribution in [-0.2, 0) is 35.1 Å². The molecular weight excluding hydrogens is 497 g/mol. The van der Waals surface area contributed by atoms with Crippen molar-refractivity contribution in [3.05, 3.63) is 35.9 Å². The molecule has 0 heterocycles. The van der Waals surface area contributed by atoms with Crippen molar-refractivity contribution in [3.8, 4) is 0 Å². The summed E-state index contributed by atoms with van der Waals surface area (Å²) in [5.41, 5.74) is 6.73. The van der Waals surface area contributed by atoms with Gasteiger partial charge in [-0.15, -0.1) is 0 Å². The predicted octanol–water partition coefficient (Wildman–Crippen LogP) is 1.60. The summed E-state index contributed by atoms with van der Waals surface area (Å²) in [7, 11) is 0. The third kappa shape index (κ3) is 18.6. The second-order valence-corrected chi connectivity index (χ2v) is 7.27. The maximum absolute atomic E-state index is 11.2. The highest BCUT2D eigenvalue weighted by atomic mass is 32.1. The number of halogens is 3. The molecule has 1 aromatic carbocycles. The molecule has 0 aromatic heterocycles. The molecule has 0 saturated heterocycles. The number of carbonyl (C=O) groups is 2. The van der Waals surface area contributed by atoms with Gasteiger partial charge in [-0.3, -0.25) is 0 Å². The predicted molar refractivity (Wildman–Crippen MR) is 123 cm³/mol. The van der Waals surface area contributed by atoms with Crippen LogP contribution in [0.1, 0.15) is 12.5 Å². The highest BCUT2D eigenvalue weighted by Crippen LogP contribution is 2.13. The Bertz CT molecular complexity index is 739. The van der Waals surface area contributed by atoms with Gasteiger partial charge < -0.3 is 40.2 Å². The van der Waals surface area contributed by atoms with Crippen molar-refractivity contribution in [1.29, 1.82) is 0 Å². The first-order valence-corrected chi connectivity index (χ1v) is 10.8. The number of alkyl halides is 3. The zero-order valence-electron chi connectivity index (χ0n) is 19.2. The van der Waals surface area contributed by atoms with Gasteiger partial charge in [-0.1, -0.05) is 42.5 Å². The Kier molecular flexibility index (Phi) is 17.6. The van der Waals surface area contributed by atoms with E-state index in [2.05, 4.69) is 5.32 Å². The van der Waals surface area contributed by atoms with Crippen molar-refractivity contribution >= 4 is 29.1 Å². The zero-order valence-corrected chi connectivity index (χ0v) is 20.0. The fourth-order valence-corrected chi connectivity index (χ4v) is 2.14. The summed E-state index contributed by atoms with van der Waals surface area (Å²) in [5.74, 6) is -3.81. The summed E-state index contributed by atoms with van der Waals surface area (Å²) >= 11 is 4.98. The number of hydrogen-bond donors (Lipinski definition) is 4. The van der Waals surface area contributed by atoms with Crippen molar-refractivity contribution in [2.45, 2.75) is 31.8 Å². The SMILES string of the molecule is C[C@H](N)C(=S)N[C@@H](COCCOCCOCCOCc1ccccc1)C(=O)O.O=C(O)C(F)(F)F. The Morgan fingerprint density at radius 3 is 1.86 bits per heavy atom. The zero-order chi connectivity index (χ0) is 26.7. The van der Waals surface area contributed by atoms with Crippen molar-refractivity contribution in [2.24, 2.45) is 5.73 Å². The van der Waals surface area contributed by atoms with Crippen molar-refractivity contribution in [2.75, 3.05) is 46.2 Å². The van der Waals surface area contributed by atoms with Crippen LogP contribution in [0.4, 0.5) is 13.2 Å². The quantitative estimate of drug-likeness (QED) is 0.183. The number of benzene rings is 1. The molecule has 200 valence electrons. The van der Waals surface area contributed by atoms with Gasteiger partial charge in [-0.25, -0.2) is 9.59 Å². The second kappa shape index (κ2) is 18.9. The molecule has 0 aliphatic rings. The van der Waals surface area contributed by atoms with E-state index in [4.69, 9.17) is 51.9 Å². The van der Waals surface area contributed by atoms with Gasteiger partial charge in [0, 0.05) is 0 Å². The highest BCUT2D eigenvalue weighted by molar-refractivity contribution is 7.80. The molecule has 0 radical (unpaired) electrons. The Morgan fingerprint density at radius 2 is 1.43 bits per heavy atom. The molecule has 0 spiro atoms. The largest absolute Gasteiger partial charge is 0.490 e. The molecule has 0 amide bonds. The molecule has 0 bridgehead atoms. The van der Waals surface area contributed by atoms with Crippen molar-refractivity contribution < 1.29 is 51.9 Å². The van der Waals surface area contributed by atoms with Gasteiger partial charge >= 0.3 is 18.1 Å². The van der Waals surface area contributed by atoms with Gasteiger partial charge in [-0.05, 0) is 12.5 Å². The van der Waals surface area contributed by atoms with Crippen LogP contribution in [0.2, 0.25) is 0 Å². The standard InChI is InChI=1S/C19H30N2O6S.C2HF3O2/c1-15(20)18(28)21-17(19(22)23)14-27-12-10-25-8-7-24-9-11-26-13-16-5-3-2-4-6-16;3-2(4,5)1(6)7/h2-6,15,17H,7-14,20H2,1H3,(H,21,28)(H,22,23);(H,6,7)/t15-,17-;/m0./s1. The minimum atomic E-state index is -5.08.